The lowest BCUT2D eigenvalue weighted by molar-refractivity contribution is -0.113. The molecule has 0 aliphatic carbocycles. The van der Waals surface area contributed by atoms with Gasteiger partial charge in [-0.25, -0.2) is 4.98 Å². The topological polar surface area (TPSA) is 42.4 Å². The Labute approximate surface area is 126 Å². The zero-order chi connectivity index (χ0) is 15.8. The van der Waals surface area contributed by atoms with Crippen molar-refractivity contribution in [2.75, 3.05) is 13.2 Å². The molecule has 1 aliphatic rings. The molecular weight excluding hydrogens is 281 g/mol. The van der Waals surface area contributed by atoms with E-state index in [-0.39, 0.29) is 11.5 Å². The van der Waals surface area contributed by atoms with Gasteiger partial charge in [0.2, 0.25) is 5.95 Å². The summed E-state index contributed by atoms with van der Waals surface area (Å²) >= 11 is 5.77. The molecule has 2 rings (SSSR count). The summed E-state index contributed by atoms with van der Waals surface area (Å²) in [4.78, 5) is 3.53. The van der Waals surface area contributed by atoms with Gasteiger partial charge in [0.1, 0.15) is 5.60 Å². The van der Waals surface area contributed by atoms with Gasteiger partial charge < -0.3 is 9.84 Å². The van der Waals surface area contributed by atoms with E-state index in [0.717, 1.165) is 0 Å². The number of nitrogens with zero attached hydrogens (tertiary/aromatic N) is 1. The van der Waals surface area contributed by atoms with Crippen molar-refractivity contribution in [3.05, 3.63) is 28.8 Å². The second kappa shape index (κ2) is 9.27. The molecule has 0 radical (unpaired) electrons. The van der Waals surface area contributed by atoms with Crippen molar-refractivity contribution in [3.63, 3.8) is 0 Å². The van der Waals surface area contributed by atoms with Crippen molar-refractivity contribution >= 4 is 11.6 Å². The van der Waals surface area contributed by atoms with Crippen molar-refractivity contribution in [2.45, 2.75) is 46.6 Å². The summed E-state index contributed by atoms with van der Waals surface area (Å²) in [6.45, 7) is 10.6. The zero-order valence-corrected chi connectivity index (χ0v) is 13.7. The number of pyridine rings is 1. The number of halogens is 2. The standard InChI is InChI=1S/C11H13ClFNO2.2C2H6/c1-7-6-16-3-2-11(7,15)9-4-8(12)5-14-10(9)13;2*1-2/h4-5,7,15H,2-3,6H2,1H3;2*1-2H3. The molecular formula is C15H25ClFNO2. The molecule has 1 N–H and O–H groups in total. The van der Waals surface area contributed by atoms with E-state index >= 15 is 0 Å². The van der Waals surface area contributed by atoms with E-state index in [4.69, 9.17) is 16.3 Å². The number of rotatable bonds is 1. The van der Waals surface area contributed by atoms with Gasteiger partial charge in [-0.2, -0.15) is 4.39 Å². The van der Waals surface area contributed by atoms with Crippen LogP contribution < -0.4 is 0 Å². The molecule has 1 saturated heterocycles. The average Bonchev–Trinajstić information content (AvgIpc) is 2.49. The van der Waals surface area contributed by atoms with Crippen LogP contribution in [0.2, 0.25) is 5.02 Å². The van der Waals surface area contributed by atoms with Crippen LogP contribution in [0.4, 0.5) is 4.39 Å². The fourth-order valence-electron chi connectivity index (χ4n) is 2.00. The maximum Gasteiger partial charge on any atom is 0.219 e. The van der Waals surface area contributed by atoms with Crippen LogP contribution in [0.3, 0.4) is 0 Å². The van der Waals surface area contributed by atoms with E-state index in [1.54, 1.807) is 0 Å². The Kier molecular flexibility index (Phi) is 8.94. The van der Waals surface area contributed by atoms with Crippen LogP contribution in [0.1, 0.15) is 46.6 Å². The Balaban J connectivity index is 0.000000829. The molecule has 2 atom stereocenters. The van der Waals surface area contributed by atoms with Gasteiger partial charge in [0, 0.05) is 30.7 Å². The first-order valence-corrected chi connectivity index (χ1v) is 7.53. The molecule has 1 aromatic heterocycles. The van der Waals surface area contributed by atoms with Crippen LogP contribution in [0.15, 0.2) is 12.3 Å². The molecule has 0 bridgehead atoms. The monoisotopic (exact) mass is 305 g/mol. The molecule has 0 spiro atoms. The predicted octanol–water partition coefficient (Wildman–Crippen LogP) is 4.17. The third-order valence-electron chi connectivity index (χ3n) is 3.08. The van der Waals surface area contributed by atoms with Crippen molar-refractivity contribution in [1.29, 1.82) is 0 Å². The van der Waals surface area contributed by atoms with Crippen LogP contribution in [-0.2, 0) is 10.3 Å². The van der Waals surface area contributed by atoms with Gasteiger partial charge in [-0.15, -0.1) is 0 Å². The van der Waals surface area contributed by atoms with Gasteiger partial charge in [-0.05, 0) is 6.07 Å². The summed E-state index contributed by atoms with van der Waals surface area (Å²) in [5, 5.41) is 10.8. The minimum absolute atomic E-state index is 0.163. The summed E-state index contributed by atoms with van der Waals surface area (Å²) in [6.07, 6.45) is 1.58. The van der Waals surface area contributed by atoms with Crippen LogP contribution >= 0.6 is 11.6 Å². The van der Waals surface area contributed by atoms with E-state index < -0.39 is 11.5 Å². The first kappa shape index (κ1) is 19.3. The Bertz CT molecular complexity index is 403. The van der Waals surface area contributed by atoms with Gasteiger partial charge in [0.25, 0.3) is 0 Å². The predicted molar refractivity (Wildman–Crippen MR) is 80.4 cm³/mol. The average molecular weight is 306 g/mol. The second-order valence-corrected chi connectivity index (χ2v) is 4.58. The number of hydrogen-bond acceptors (Lipinski definition) is 3. The molecule has 2 unspecified atom stereocenters. The molecule has 116 valence electrons. The molecule has 20 heavy (non-hydrogen) atoms. The highest BCUT2D eigenvalue weighted by Crippen LogP contribution is 2.37. The van der Waals surface area contributed by atoms with Crippen LogP contribution in [-0.4, -0.2) is 23.3 Å². The van der Waals surface area contributed by atoms with Crippen molar-refractivity contribution in [2.24, 2.45) is 5.92 Å². The second-order valence-electron chi connectivity index (χ2n) is 4.14. The molecule has 0 aromatic carbocycles. The van der Waals surface area contributed by atoms with Gasteiger partial charge in [-0.1, -0.05) is 46.2 Å². The summed E-state index contributed by atoms with van der Waals surface area (Å²) < 4.78 is 18.8. The van der Waals surface area contributed by atoms with Crippen molar-refractivity contribution in [3.8, 4) is 0 Å². The number of aromatic nitrogens is 1. The van der Waals surface area contributed by atoms with Gasteiger partial charge in [0.15, 0.2) is 0 Å². The summed E-state index contributed by atoms with van der Waals surface area (Å²) in [5.41, 5.74) is -1.07. The normalized spacial score (nSPS) is 24.9. The van der Waals surface area contributed by atoms with Gasteiger partial charge in [-0.3, -0.25) is 0 Å². The highest BCUT2D eigenvalue weighted by molar-refractivity contribution is 6.30. The van der Waals surface area contributed by atoms with Crippen LogP contribution in [0.25, 0.3) is 0 Å². The summed E-state index contributed by atoms with van der Waals surface area (Å²) in [7, 11) is 0. The quantitative estimate of drug-likeness (QED) is 0.792. The largest absolute Gasteiger partial charge is 0.385 e. The molecule has 0 saturated carbocycles. The first-order valence-electron chi connectivity index (χ1n) is 7.15. The minimum atomic E-state index is -1.24. The van der Waals surface area contributed by atoms with Gasteiger partial charge >= 0.3 is 0 Å². The van der Waals surface area contributed by atoms with Crippen LogP contribution in [0.5, 0.6) is 0 Å². The van der Waals surface area contributed by atoms with E-state index in [9.17, 15) is 9.50 Å². The Morgan fingerprint density at radius 1 is 1.40 bits per heavy atom. The SMILES string of the molecule is CC.CC.CC1COCCC1(O)c1cc(Cl)cnc1F. The zero-order valence-electron chi connectivity index (χ0n) is 12.9. The third-order valence-corrected chi connectivity index (χ3v) is 3.29. The van der Waals surface area contributed by atoms with Crippen LogP contribution in [0, 0.1) is 11.9 Å². The number of ether oxygens (including phenoxy) is 1. The fourth-order valence-corrected chi connectivity index (χ4v) is 2.16. The first-order chi connectivity index (χ1) is 9.54. The van der Waals surface area contributed by atoms with E-state index in [1.165, 1.54) is 12.3 Å². The Morgan fingerprint density at radius 3 is 2.55 bits per heavy atom. The molecule has 2 heterocycles. The highest BCUT2D eigenvalue weighted by atomic mass is 35.5. The molecule has 1 aromatic rings. The molecule has 0 amide bonds. The Morgan fingerprint density at radius 2 is 2.00 bits per heavy atom. The maximum atomic E-state index is 13.6. The maximum absolute atomic E-state index is 13.6. The van der Waals surface area contributed by atoms with E-state index in [2.05, 4.69) is 4.98 Å². The lowest BCUT2D eigenvalue weighted by atomic mass is 9.79. The lowest BCUT2D eigenvalue weighted by Crippen LogP contribution is -2.42. The lowest BCUT2D eigenvalue weighted by Gasteiger charge is -2.38. The molecule has 1 fully saturated rings. The molecule has 1 aliphatic heterocycles. The summed E-state index contributed by atoms with van der Waals surface area (Å²) in [5.74, 6) is -0.850. The van der Waals surface area contributed by atoms with Gasteiger partial charge in [0.05, 0.1) is 11.6 Å². The summed E-state index contributed by atoms with van der Waals surface area (Å²) in [6, 6.07) is 1.44. The van der Waals surface area contributed by atoms with E-state index in [1.807, 2.05) is 34.6 Å². The molecule has 5 heteroatoms. The van der Waals surface area contributed by atoms with E-state index in [0.29, 0.717) is 24.7 Å². The molecule has 3 nitrogen and oxygen atoms in total. The number of hydrogen-bond donors (Lipinski definition) is 1. The highest BCUT2D eigenvalue weighted by Gasteiger charge is 2.40. The van der Waals surface area contributed by atoms with Crippen molar-refractivity contribution in [1.82, 2.24) is 4.98 Å². The number of aliphatic hydroxyl groups is 1. The smallest absolute Gasteiger partial charge is 0.219 e. The fraction of sp³-hybridized carbons (Fsp3) is 0.667. The Hall–Kier alpha value is -0.710. The minimum Gasteiger partial charge on any atom is -0.385 e. The third kappa shape index (κ3) is 4.40. The van der Waals surface area contributed by atoms with Crippen molar-refractivity contribution < 1.29 is 14.2 Å².